The van der Waals surface area contributed by atoms with Crippen LogP contribution >= 0.6 is 27.5 Å². The number of ether oxygens (including phenoxy) is 2. The van der Waals surface area contributed by atoms with Crippen molar-refractivity contribution in [1.82, 2.24) is 0 Å². The third-order valence-electron chi connectivity index (χ3n) is 2.90. The quantitative estimate of drug-likeness (QED) is 0.816. The fourth-order valence-electron chi connectivity index (χ4n) is 1.80. The molecule has 116 valence electrons. The lowest BCUT2D eigenvalue weighted by molar-refractivity contribution is 0.0696. The maximum Gasteiger partial charge on any atom is 0.335 e. The minimum atomic E-state index is -1.09. The Hall–Kier alpha value is -1.79. The zero-order chi connectivity index (χ0) is 16.3. The van der Waals surface area contributed by atoms with Crippen LogP contribution in [0.5, 0.6) is 11.5 Å². The molecule has 7 heteroatoms. The summed E-state index contributed by atoms with van der Waals surface area (Å²) in [5.41, 5.74) is 0.250. The zero-order valence-electron chi connectivity index (χ0n) is 11.4. The topological polar surface area (TPSA) is 55.8 Å². The Kier molecular flexibility index (Phi) is 5.26. The molecule has 4 nitrogen and oxygen atoms in total. The number of hydrogen-bond acceptors (Lipinski definition) is 3. The highest BCUT2D eigenvalue weighted by Gasteiger charge is 2.16. The second kappa shape index (κ2) is 6.98. The molecular formula is C15H11BrClFO4. The van der Waals surface area contributed by atoms with Gasteiger partial charge in [-0.2, -0.15) is 0 Å². The molecule has 0 spiro atoms. The van der Waals surface area contributed by atoms with E-state index in [4.69, 9.17) is 26.2 Å². The molecule has 0 fully saturated rings. The summed E-state index contributed by atoms with van der Waals surface area (Å²) in [6, 6.07) is 7.04. The van der Waals surface area contributed by atoms with Gasteiger partial charge in [0.05, 0.1) is 22.2 Å². The van der Waals surface area contributed by atoms with Crippen molar-refractivity contribution < 1.29 is 23.8 Å². The first-order valence-electron chi connectivity index (χ1n) is 6.10. The van der Waals surface area contributed by atoms with Gasteiger partial charge in [0, 0.05) is 5.56 Å². The number of carboxylic acids is 1. The van der Waals surface area contributed by atoms with Gasteiger partial charge >= 0.3 is 5.97 Å². The van der Waals surface area contributed by atoms with Crippen molar-refractivity contribution in [2.45, 2.75) is 6.61 Å². The fraction of sp³-hybridized carbons (Fsp3) is 0.133. The summed E-state index contributed by atoms with van der Waals surface area (Å²) < 4.78 is 24.8. The van der Waals surface area contributed by atoms with Crippen molar-refractivity contribution in [2.24, 2.45) is 0 Å². The van der Waals surface area contributed by atoms with E-state index in [-0.39, 0.29) is 34.3 Å². The SMILES string of the molecule is COc1cc(C(=O)O)cc(Br)c1OCc1c(F)cccc1Cl. The average Bonchev–Trinajstić information content (AvgIpc) is 2.47. The van der Waals surface area contributed by atoms with Gasteiger partial charge in [-0.05, 0) is 40.2 Å². The van der Waals surface area contributed by atoms with Crippen LogP contribution in [0, 0.1) is 5.82 Å². The number of benzene rings is 2. The van der Waals surface area contributed by atoms with Crippen LogP contribution < -0.4 is 9.47 Å². The van der Waals surface area contributed by atoms with E-state index in [9.17, 15) is 9.18 Å². The van der Waals surface area contributed by atoms with Gasteiger partial charge in [0.15, 0.2) is 11.5 Å². The number of aromatic carboxylic acids is 1. The van der Waals surface area contributed by atoms with Gasteiger partial charge in [0.25, 0.3) is 0 Å². The van der Waals surface area contributed by atoms with E-state index >= 15 is 0 Å². The second-order valence-electron chi connectivity index (χ2n) is 4.28. The molecule has 0 heterocycles. The van der Waals surface area contributed by atoms with Gasteiger partial charge in [0.1, 0.15) is 12.4 Å². The molecule has 0 unspecified atom stereocenters. The van der Waals surface area contributed by atoms with Gasteiger partial charge in [0.2, 0.25) is 0 Å². The number of carbonyl (C=O) groups is 1. The fourth-order valence-corrected chi connectivity index (χ4v) is 2.57. The lowest BCUT2D eigenvalue weighted by Crippen LogP contribution is -2.03. The smallest absolute Gasteiger partial charge is 0.335 e. The molecule has 2 rings (SSSR count). The van der Waals surface area contributed by atoms with Crippen LogP contribution in [0.15, 0.2) is 34.8 Å². The Morgan fingerprint density at radius 3 is 2.73 bits per heavy atom. The standard InChI is InChI=1S/C15H11BrClFO4/c1-21-13-6-8(15(19)20)5-10(16)14(13)22-7-9-11(17)3-2-4-12(9)18/h2-6H,7H2,1H3,(H,19,20). The maximum atomic E-state index is 13.7. The molecular weight excluding hydrogens is 379 g/mol. The molecule has 22 heavy (non-hydrogen) atoms. The van der Waals surface area contributed by atoms with Gasteiger partial charge in [-0.25, -0.2) is 9.18 Å². The molecule has 0 bridgehead atoms. The Balaban J connectivity index is 2.32. The predicted molar refractivity (Wildman–Crippen MR) is 83.4 cm³/mol. The van der Waals surface area contributed by atoms with E-state index in [0.717, 1.165) is 0 Å². The highest BCUT2D eigenvalue weighted by molar-refractivity contribution is 9.10. The van der Waals surface area contributed by atoms with Gasteiger partial charge in [-0.3, -0.25) is 0 Å². The minimum absolute atomic E-state index is 0.0417. The van der Waals surface area contributed by atoms with Crippen molar-refractivity contribution >= 4 is 33.5 Å². The van der Waals surface area contributed by atoms with Crippen LogP contribution in [-0.2, 0) is 6.61 Å². The van der Waals surface area contributed by atoms with Crippen molar-refractivity contribution in [3.05, 3.63) is 56.8 Å². The Labute approximate surface area is 139 Å². The Bertz CT molecular complexity index is 701. The second-order valence-corrected chi connectivity index (χ2v) is 5.55. The van der Waals surface area contributed by atoms with Crippen LogP contribution in [0.2, 0.25) is 5.02 Å². The van der Waals surface area contributed by atoms with Crippen LogP contribution in [0.25, 0.3) is 0 Å². The van der Waals surface area contributed by atoms with Crippen molar-refractivity contribution in [2.75, 3.05) is 7.11 Å². The molecule has 2 aromatic rings. The Morgan fingerprint density at radius 1 is 1.41 bits per heavy atom. The van der Waals surface area contributed by atoms with Crippen LogP contribution in [0.1, 0.15) is 15.9 Å². The summed E-state index contributed by atoms with van der Waals surface area (Å²) in [7, 11) is 1.39. The van der Waals surface area contributed by atoms with E-state index in [1.54, 1.807) is 6.07 Å². The van der Waals surface area contributed by atoms with Gasteiger partial charge in [-0.15, -0.1) is 0 Å². The number of halogens is 3. The predicted octanol–water partition coefficient (Wildman–Crippen LogP) is 4.53. The number of methoxy groups -OCH3 is 1. The largest absolute Gasteiger partial charge is 0.493 e. The number of carboxylic acid groups (broad SMARTS) is 1. The normalized spacial score (nSPS) is 10.4. The number of rotatable bonds is 5. The maximum absolute atomic E-state index is 13.7. The molecule has 0 radical (unpaired) electrons. The van der Waals surface area contributed by atoms with E-state index in [1.807, 2.05) is 0 Å². The first-order chi connectivity index (χ1) is 10.4. The molecule has 0 atom stereocenters. The van der Waals surface area contributed by atoms with E-state index < -0.39 is 11.8 Å². The summed E-state index contributed by atoms with van der Waals surface area (Å²) in [4.78, 5) is 11.0. The third-order valence-corrected chi connectivity index (χ3v) is 3.84. The third kappa shape index (κ3) is 3.51. The lowest BCUT2D eigenvalue weighted by Gasteiger charge is -2.14. The first kappa shape index (κ1) is 16.6. The molecule has 0 saturated heterocycles. The average molecular weight is 390 g/mol. The summed E-state index contributed by atoms with van der Waals surface area (Å²) in [6.07, 6.45) is 0. The molecule has 0 aliphatic rings. The zero-order valence-corrected chi connectivity index (χ0v) is 13.7. The van der Waals surface area contributed by atoms with Crippen molar-refractivity contribution in [3.8, 4) is 11.5 Å². The molecule has 2 aromatic carbocycles. The highest BCUT2D eigenvalue weighted by Crippen LogP contribution is 2.37. The Morgan fingerprint density at radius 2 is 2.14 bits per heavy atom. The first-order valence-corrected chi connectivity index (χ1v) is 7.27. The van der Waals surface area contributed by atoms with Crippen molar-refractivity contribution in [3.63, 3.8) is 0 Å². The van der Waals surface area contributed by atoms with E-state index in [1.165, 1.54) is 31.4 Å². The van der Waals surface area contributed by atoms with Gasteiger partial charge < -0.3 is 14.6 Å². The van der Waals surface area contributed by atoms with Crippen LogP contribution in [0.3, 0.4) is 0 Å². The number of hydrogen-bond donors (Lipinski definition) is 1. The summed E-state index contributed by atoms with van der Waals surface area (Å²) in [5.74, 6) is -1.08. The van der Waals surface area contributed by atoms with E-state index in [0.29, 0.717) is 4.47 Å². The summed E-state index contributed by atoms with van der Waals surface area (Å²) in [5, 5.41) is 9.26. The van der Waals surface area contributed by atoms with Crippen molar-refractivity contribution in [1.29, 1.82) is 0 Å². The van der Waals surface area contributed by atoms with Crippen LogP contribution in [-0.4, -0.2) is 18.2 Å². The minimum Gasteiger partial charge on any atom is -0.493 e. The molecule has 0 aliphatic carbocycles. The monoisotopic (exact) mass is 388 g/mol. The molecule has 0 aliphatic heterocycles. The van der Waals surface area contributed by atoms with Gasteiger partial charge in [-0.1, -0.05) is 17.7 Å². The molecule has 1 N–H and O–H groups in total. The molecule has 0 saturated carbocycles. The van der Waals surface area contributed by atoms with E-state index in [2.05, 4.69) is 15.9 Å². The lowest BCUT2D eigenvalue weighted by atomic mass is 10.2. The summed E-state index contributed by atoms with van der Waals surface area (Å²) in [6.45, 7) is -0.118. The molecule has 0 amide bonds. The highest BCUT2D eigenvalue weighted by atomic mass is 79.9. The summed E-state index contributed by atoms with van der Waals surface area (Å²) >= 11 is 9.16. The van der Waals surface area contributed by atoms with Crippen LogP contribution in [0.4, 0.5) is 4.39 Å². The molecule has 0 aromatic heterocycles.